The number of nitro benzene ring substituents is 2. The first kappa shape index (κ1) is 10.6. The molecule has 0 bridgehead atoms. The molecule has 0 aromatic heterocycles. The van der Waals surface area contributed by atoms with Crippen LogP contribution in [0, 0.1) is 20.2 Å². The van der Waals surface area contributed by atoms with Gasteiger partial charge in [-0.1, -0.05) is 5.16 Å². The fourth-order valence-electron chi connectivity index (χ4n) is 0.975. The molecule has 15 heavy (non-hydrogen) atoms. The zero-order valence-corrected chi connectivity index (χ0v) is 7.23. The van der Waals surface area contributed by atoms with Crippen LogP contribution in [-0.2, 0) is 0 Å². The number of hydrogen-bond acceptors (Lipinski definition) is 6. The van der Waals surface area contributed by atoms with Crippen LogP contribution < -0.4 is 0 Å². The largest absolute Gasteiger partial charge is 0.411 e. The maximum absolute atomic E-state index is 10.5. The minimum Gasteiger partial charge on any atom is -0.411 e. The van der Waals surface area contributed by atoms with Crippen molar-refractivity contribution in [3.63, 3.8) is 0 Å². The molecule has 0 heterocycles. The molecule has 0 fully saturated rings. The number of hydrogen-bond donors (Lipinski definition) is 1. The number of non-ortho nitro benzene ring substituents is 1. The molecule has 0 aliphatic rings. The topological polar surface area (TPSA) is 119 Å². The second-order valence-corrected chi connectivity index (χ2v) is 2.50. The maximum Gasteiger partial charge on any atom is 0.285 e. The van der Waals surface area contributed by atoms with Crippen molar-refractivity contribution in [2.24, 2.45) is 5.16 Å². The Balaban J connectivity index is 3.33. The molecule has 0 radical (unpaired) electrons. The summed E-state index contributed by atoms with van der Waals surface area (Å²) in [7, 11) is 0. The minimum atomic E-state index is -0.788. The van der Waals surface area contributed by atoms with E-state index in [0.717, 1.165) is 24.4 Å². The zero-order valence-electron chi connectivity index (χ0n) is 7.23. The van der Waals surface area contributed by atoms with Gasteiger partial charge >= 0.3 is 0 Å². The van der Waals surface area contributed by atoms with Crippen molar-refractivity contribution >= 4 is 17.6 Å². The zero-order chi connectivity index (χ0) is 11.4. The first-order valence-corrected chi connectivity index (χ1v) is 3.66. The third-order valence-electron chi connectivity index (χ3n) is 1.62. The van der Waals surface area contributed by atoms with Crippen molar-refractivity contribution in [1.29, 1.82) is 0 Å². The van der Waals surface area contributed by atoms with Crippen molar-refractivity contribution in [3.8, 4) is 0 Å². The normalized spacial score (nSPS) is 10.4. The minimum absolute atomic E-state index is 0.00639. The van der Waals surface area contributed by atoms with Crippen molar-refractivity contribution in [2.45, 2.75) is 0 Å². The number of benzene rings is 1. The van der Waals surface area contributed by atoms with Gasteiger partial charge in [0.15, 0.2) is 0 Å². The van der Waals surface area contributed by atoms with E-state index in [-0.39, 0.29) is 5.56 Å². The van der Waals surface area contributed by atoms with E-state index < -0.39 is 21.2 Å². The van der Waals surface area contributed by atoms with Gasteiger partial charge in [-0.05, 0) is 6.07 Å². The number of nitrogens with zero attached hydrogens (tertiary/aromatic N) is 3. The quantitative estimate of drug-likeness (QED) is 0.349. The van der Waals surface area contributed by atoms with E-state index >= 15 is 0 Å². The van der Waals surface area contributed by atoms with Gasteiger partial charge in [-0.15, -0.1) is 0 Å². The highest BCUT2D eigenvalue weighted by molar-refractivity contribution is 5.85. The molecular formula is C7H5N3O5. The standard InChI is InChI=1S/C7H5N3O5/c11-8-4-5-1-2-6(9(12)13)3-7(5)10(14)15/h1-4,11H/b8-4+. The van der Waals surface area contributed by atoms with Gasteiger partial charge in [0.05, 0.1) is 27.7 Å². The molecule has 1 rings (SSSR count). The molecule has 0 aliphatic heterocycles. The molecular weight excluding hydrogens is 206 g/mol. The number of oxime groups is 1. The van der Waals surface area contributed by atoms with E-state index in [1.165, 1.54) is 0 Å². The van der Waals surface area contributed by atoms with Crippen LogP contribution in [0.3, 0.4) is 0 Å². The van der Waals surface area contributed by atoms with E-state index in [1.54, 1.807) is 0 Å². The molecule has 8 nitrogen and oxygen atoms in total. The van der Waals surface area contributed by atoms with Crippen LogP contribution in [-0.4, -0.2) is 21.3 Å². The van der Waals surface area contributed by atoms with Crippen LogP contribution in [0.25, 0.3) is 0 Å². The molecule has 0 amide bonds. The van der Waals surface area contributed by atoms with E-state index in [4.69, 9.17) is 5.21 Å². The molecule has 78 valence electrons. The van der Waals surface area contributed by atoms with Gasteiger partial charge in [-0.3, -0.25) is 20.2 Å². The third kappa shape index (κ3) is 2.24. The van der Waals surface area contributed by atoms with E-state index in [2.05, 4.69) is 5.16 Å². The Kier molecular flexibility index (Phi) is 2.91. The molecule has 0 atom stereocenters. The monoisotopic (exact) mass is 211 g/mol. The van der Waals surface area contributed by atoms with Gasteiger partial charge in [0.25, 0.3) is 11.4 Å². The molecule has 0 unspecified atom stereocenters. The molecule has 1 aromatic carbocycles. The predicted octanol–water partition coefficient (Wildman–Crippen LogP) is 1.31. The first-order chi connectivity index (χ1) is 7.06. The summed E-state index contributed by atoms with van der Waals surface area (Å²) >= 11 is 0. The number of rotatable bonds is 3. The van der Waals surface area contributed by atoms with Crippen LogP contribution in [0.1, 0.15) is 5.56 Å². The van der Waals surface area contributed by atoms with Gasteiger partial charge in [0.1, 0.15) is 0 Å². The summed E-state index contributed by atoms with van der Waals surface area (Å²) in [5, 5.41) is 31.7. The Morgan fingerprint density at radius 3 is 2.40 bits per heavy atom. The van der Waals surface area contributed by atoms with E-state index in [0.29, 0.717) is 0 Å². The Morgan fingerprint density at radius 2 is 1.93 bits per heavy atom. The second kappa shape index (κ2) is 4.13. The Labute approximate surface area is 82.7 Å². The predicted molar refractivity (Wildman–Crippen MR) is 49.1 cm³/mol. The average molecular weight is 211 g/mol. The molecule has 0 saturated heterocycles. The van der Waals surface area contributed by atoms with E-state index in [1.807, 2.05) is 0 Å². The Hall–Kier alpha value is -2.51. The molecule has 8 heteroatoms. The fourth-order valence-corrected chi connectivity index (χ4v) is 0.975. The first-order valence-electron chi connectivity index (χ1n) is 3.66. The second-order valence-electron chi connectivity index (χ2n) is 2.50. The van der Waals surface area contributed by atoms with Crippen LogP contribution in [0.15, 0.2) is 23.4 Å². The van der Waals surface area contributed by atoms with Crippen LogP contribution >= 0.6 is 0 Å². The summed E-state index contributed by atoms with van der Waals surface area (Å²) in [6, 6.07) is 3.02. The van der Waals surface area contributed by atoms with Crippen LogP contribution in [0.5, 0.6) is 0 Å². The van der Waals surface area contributed by atoms with E-state index in [9.17, 15) is 20.2 Å². The average Bonchev–Trinajstić information content (AvgIpc) is 2.18. The highest BCUT2D eigenvalue weighted by Crippen LogP contribution is 2.23. The Morgan fingerprint density at radius 1 is 1.27 bits per heavy atom. The molecule has 0 aliphatic carbocycles. The van der Waals surface area contributed by atoms with Crippen molar-refractivity contribution in [3.05, 3.63) is 44.0 Å². The van der Waals surface area contributed by atoms with Crippen LogP contribution in [0.4, 0.5) is 11.4 Å². The summed E-state index contributed by atoms with van der Waals surface area (Å²) in [6.45, 7) is 0. The summed E-state index contributed by atoms with van der Waals surface area (Å²) in [5.74, 6) is 0. The lowest BCUT2D eigenvalue weighted by atomic mass is 10.2. The molecule has 0 saturated carbocycles. The molecule has 0 spiro atoms. The van der Waals surface area contributed by atoms with Crippen molar-refractivity contribution in [2.75, 3.05) is 0 Å². The van der Waals surface area contributed by atoms with Crippen molar-refractivity contribution < 1.29 is 15.1 Å². The number of nitro groups is 2. The summed E-state index contributed by atoms with van der Waals surface area (Å²) in [6.07, 6.45) is 0.835. The van der Waals surface area contributed by atoms with Crippen molar-refractivity contribution in [1.82, 2.24) is 0 Å². The molecule has 1 N–H and O–H groups in total. The maximum atomic E-state index is 10.5. The summed E-state index contributed by atoms with van der Waals surface area (Å²) < 4.78 is 0. The highest BCUT2D eigenvalue weighted by atomic mass is 16.6. The Bertz CT molecular complexity index is 442. The third-order valence-corrected chi connectivity index (χ3v) is 1.62. The smallest absolute Gasteiger partial charge is 0.285 e. The summed E-state index contributed by atoms with van der Waals surface area (Å²) in [4.78, 5) is 19.3. The van der Waals surface area contributed by atoms with Gasteiger partial charge in [-0.25, -0.2) is 0 Å². The molecule has 1 aromatic rings. The van der Waals surface area contributed by atoms with Gasteiger partial charge in [-0.2, -0.15) is 0 Å². The van der Waals surface area contributed by atoms with Gasteiger partial charge in [0.2, 0.25) is 0 Å². The SMILES string of the molecule is O=[N+]([O-])c1ccc(/C=N/O)c([N+](=O)[O-])c1. The summed E-state index contributed by atoms with van der Waals surface area (Å²) in [5.41, 5.74) is -0.883. The fraction of sp³-hybridized carbons (Fsp3) is 0. The highest BCUT2D eigenvalue weighted by Gasteiger charge is 2.17. The lowest BCUT2D eigenvalue weighted by Gasteiger charge is -1.96. The van der Waals surface area contributed by atoms with Gasteiger partial charge < -0.3 is 5.21 Å². The van der Waals surface area contributed by atoms with Gasteiger partial charge in [0, 0.05) is 6.07 Å². The lowest BCUT2D eigenvalue weighted by molar-refractivity contribution is -0.394. The van der Waals surface area contributed by atoms with Crippen LogP contribution in [0.2, 0.25) is 0 Å². The lowest BCUT2D eigenvalue weighted by Crippen LogP contribution is -1.97.